The highest BCUT2D eigenvalue weighted by atomic mass is 32.2. The number of hydrogen-bond acceptors (Lipinski definition) is 4. The molecule has 4 nitrogen and oxygen atoms in total. The van der Waals surface area contributed by atoms with Crippen LogP contribution in [-0.4, -0.2) is 24.7 Å². The van der Waals surface area contributed by atoms with Gasteiger partial charge in [0.2, 0.25) is 6.79 Å². The molecule has 27 heavy (non-hydrogen) atoms. The highest BCUT2D eigenvalue weighted by Crippen LogP contribution is 2.30. The molecule has 0 aromatic heterocycles. The van der Waals surface area contributed by atoms with E-state index < -0.39 is 31.1 Å². The van der Waals surface area contributed by atoms with Gasteiger partial charge in [-0.05, 0) is 65.8 Å². The van der Waals surface area contributed by atoms with E-state index in [9.17, 15) is 8.42 Å². The first-order valence-electron chi connectivity index (χ1n) is 8.79. The number of benzene rings is 2. The molecule has 0 saturated heterocycles. The predicted octanol–water partition coefficient (Wildman–Crippen LogP) is 4.91. The Balaban J connectivity index is 2.15. The number of hydrogen-bond donors (Lipinski definition) is 0. The van der Waals surface area contributed by atoms with Crippen LogP contribution in [0.2, 0.25) is 0 Å². The minimum absolute atomic E-state index is 0.0588. The van der Waals surface area contributed by atoms with Crippen LogP contribution in [0.25, 0.3) is 0 Å². The Hall–Kier alpha value is -1.66. The molecule has 0 radical (unpaired) electrons. The Labute approximate surface area is 167 Å². The summed E-state index contributed by atoms with van der Waals surface area (Å²) in [6.07, 6.45) is 0. The fraction of sp³-hybridized carbons (Fsp3) is 0.429. The Morgan fingerprint density at radius 2 is 1.00 bits per heavy atom. The van der Waals surface area contributed by atoms with E-state index in [2.05, 4.69) is 0 Å². The van der Waals surface area contributed by atoms with Crippen molar-refractivity contribution in [3.63, 3.8) is 0 Å². The second-order valence-corrected chi connectivity index (χ2v) is 12.5. The first-order chi connectivity index (χ1) is 12.5. The number of rotatable bonds is 6. The summed E-state index contributed by atoms with van der Waals surface area (Å²) < 4.78 is 36.2. The molecule has 0 heterocycles. The van der Waals surface area contributed by atoms with Crippen LogP contribution >= 0.6 is 0 Å². The smallest absolute Gasteiger partial charge is 0.231 e. The fourth-order valence-electron chi connectivity index (χ4n) is 2.26. The van der Waals surface area contributed by atoms with Crippen molar-refractivity contribution < 1.29 is 17.9 Å². The zero-order chi connectivity index (χ0) is 20.2. The summed E-state index contributed by atoms with van der Waals surface area (Å²) in [4.78, 5) is 1.28. The molecule has 2 unspecified atom stereocenters. The van der Waals surface area contributed by atoms with Crippen LogP contribution in [0.5, 0.6) is 11.5 Å². The molecule has 0 saturated carbocycles. The van der Waals surface area contributed by atoms with Gasteiger partial charge in [0, 0.05) is 9.49 Å². The molecule has 2 rings (SSSR count). The molecule has 0 bridgehead atoms. The molecule has 2 atom stereocenters. The van der Waals surface area contributed by atoms with Crippen LogP contribution in [0, 0.1) is 0 Å². The summed E-state index contributed by atoms with van der Waals surface area (Å²) in [5.41, 5.74) is 0. The van der Waals surface area contributed by atoms with E-state index in [1.165, 1.54) is 0 Å². The van der Waals surface area contributed by atoms with Gasteiger partial charge in [0.15, 0.2) is 0 Å². The SMILES string of the molecule is CC(C)(C)S(=O)c1ccccc1OCOc1ccccc1S(=O)C(C)(C)C. The van der Waals surface area contributed by atoms with E-state index in [4.69, 9.17) is 9.47 Å². The monoisotopic (exact) mass is 408 g/mol. The van der Waals surface area contributed by atoms with Crippen molar-refractivity contribution in [2.24, 2.45) is 0 Å². The molecular formula is C21H28O4S2. The maximum Gasteiger partial charge on any atom is 0.231 e. The maximum absolute atomic E-state index is 12.7. The third-order valence-electron chi connectivity index (χ3n) is 3.64. The van der Waals surface area contributed by atoms with Gasteiger partial charge in [-0.25, -0.2) is 0 Å². The van der Waals surface area contributed by atoms with E-state index in [-0.39, 0.29) is 6.79 Å². The van der Waals surface area contributed by atoms with Gasteiger partial charge in [-0.2, -0.15) is 0 Å². The first-order valence-corrected chi connectivity index (χ1v) is 11.1. The van der Waals surface area contributed by atoms with Crippen LogP contribution < -0.4 is 9.47 Å². The summed E-state index contributed by atoms with van der Waals surface area (Å²) in [5, 5.41) is 0. The summed E-state index contributed by atoms with van der Waals surface area (Å²) >= 11 is 0. The van der Waals surface area contributed by atoms with Crippen molar-refractivity contribution in [1.29, 1.82) is 0 Å². The third-order valence-corrected chi connectivity index (χ3v) is 7.34. The number of para-hydroxylation sites is 2. The lowest BCUT2D eigenvalue weighted by atomic mass is 10.3. The highest BCUT2D eigenvalue weighted by Gasteiger charge is 2.25. The van der Waals surface area contributed by atoms with Crippen LogP contribution in [0.1, 0.15) is 41.5 Å². The molecule has 148 valence electrons. The summed E-state index contributed by atoms with van der Waals surface area (Å²) in [6, 6.07) is 14.5. The molecule has 0 spiro atoms. The molecule has 0 fully saturated rings. The molecule has 2 aromatic rings. The minimum Gasteiger partial charge on any atom is -0.456 e. The van der Waals surface area contributed by atoms with Crippen LogP contribution in [0.3, 0.4) is 0 Å². The second-order valence-electron chi connectivity index (χ2n) is 8.06. The van der Waals surface area contributed by atoms with E-state index in [1.54, 1.807) is 24.3 Å². The molecule has 0 aliphatic carbocycles. The molecule has 0 amide bonds. The van der Waals surface area contributed by atoms with Gasteiger partial charge in [-0.15, -0.1) is 0 Å². The Bertz CT molecular complexity index is 763. The quantitative estimate of drug-likeness (QED) is 0.637. The van der Waals surface area contributed by atoms with E-state index >= 15 is 0 Å². The molecule has 2 aromatic carbocycles. The van der Waals surface area contributed by atoms with Gasteiger partial charge in [0.05, 0.1) is 31.4 Å². The standard InChI is InChI=1S/C21H28O4S2/c1-20(2,3)26(22)18-13-9-7-11-16(18)24-15-25-17-12-8-10-14-19(17)27(23)21(4,5)6/h7-14H,15H2,1-6H3. The predicted molar refractivity (Wildman–Crippen MR) is 111 cm³/mol. The van der Waals surface area contributed by atoms with Crippen LogP contribution in [0.4, 0.5) is 0 Å². The summed E-state index contributed by atoms with van der Waals surface area (Å²) in [6.45, 7) is 11.5. The minimum atomic E-state index is -1.21. The van der Waals surface area contributed by atoms with E-state index in [0.717, 1.165) is 0 Å². The molecule has 0 aliphatic rings. The Morgan fingerprint density at radius 1 is 0.667 bits per heavy atom. The Morgan fingerprint density at radius 3 is 1.33 bits per heavy atom. The van der Waals surface area contributed by atoms with Crippen molar-refractivity contribution in [2.45, 2.75) is 60.8 Å². The van der Waals surface area contributed by atoms with Gasteiger partial charge < -0.3 is 9.47 Å². The fourth-order valence-corrected chi connectivity index (χ4v) is 4.60. The van der Waals surface area contributed by atoms with Crippen LogP contribution in [-0.2, 0) is 21.6 Å². The lowest BCUT2D eigenvalue weighted by Crippen LogP contribution is -2.23. The maximum atomic E-state index is 12.7. The Kier molecular flexibility index (Phi) is 6.87. The average Bonchev–Trinajstić information content (AvgIpc) is 2.60. The average molecular weight is 409 g/mol. The summed E-state index contributed by atoms with van der Waals surface area (Å²) in [5.74, 6) is 1.06. The highest BCUT2D eigenvalue weighted by molar-refractivity contribution is 7.86. The normalized spacial score (nSPS) is 14.4. The molecule has 0 aliphatic heterocycles. The molecule has 6 heteroatoms. The van der Waals surface area contributed by atoms with Crippen molar-refractivity contribution >= 4 is 21.6 Å². The van der Waals surface area contributed by atoms with E-state index in [1.807, 2.05) is 65.8 Å². The second kappa shape index (κ2) is 8.57. The van der Waals surface area contributed by atoms with E-state index in [0.29, 0.717) is 21.3 Å². The van der Waals surface area contributed by atoms with Crippen molar-refractivity contribution in [3.8, 4) is 11.5 Å². The van der Waals surface area contributed by atoms with Crippen molar-refractivity contribution in [1.82, 2.24) is 0 Å². The largest absolute Gasteiger partial charge is 0.456 e. The zero-order valence-electron chi connectivity index (χ0n) is 16.8. The number of ether oxygens (including phenoxy) is 2. The van der Waals surface area contributed by atoms with Crippen LogP contribution in [0.15, 0.2) is 58.3 Å². The van der Waals surface area contributed by atoms with Gasteiger partial charge in [0.25, 0.3) is 0 Å². The molecular weight excluding hydrogens is 380 g/mol. The van der Waals surface area contributed by atoms with Crippen molar-refractivity contribution in [2.75, 3.05) is 6.79 Å². The lowest BCUT2D eigenvalue weighted by Gasteiger charge is -2.21. The third kappa shape index (κ3) is 5.66. The van der Waals surface area contributed by atoms with Gasteiger partial charge >= 0.3 is 0 Å². The summed E-state index contributed by atoms with van der Waals surface area (Å²) in [7, 11) is -2.43. The molecule has 0 N–H and O–H groups in total. The van der Waals surface area contributed by atoms with Gasteiger partial charge in [-0.3, -0.25) is 8.42 Å². The topological polar surface area (TPSA) is 52.6 Å². The lowest BCUT2D eigenvalue weighted by molar-refractivity contribution is 0.114. The van der Waals surface area contributed by atoms with Crippen molar-refractivity contribution in [3.05, 3.63) is 48.5 Å². The zero-order valence-corrected chi connectivity index (χ0v) is 18.4. The van der Waals surface area contributed by atoms with Gasteiger partial charge in [-0.1, -0.05) is 24.3 Å². The van der Waals surface area contributed by atoms with Gasteiger partial charge in [0.1, 0.15) is 11.5 Å². The first kappa shape index (κ1) is 21.6.